The zero-order valence-electron chi connectivity index (χ0n) is 10.3. The lowest BCUT2D eigenvalue weighted by Crippen LogP contribution is -2.57. The summed E-state index contributed by atoms with van der Waals surface area (Å²) in [5, 5.41) is 1.02. The summed E-state index contributed by atoms with van der Waals surface area (Å²) in [6.07, 6.45) is -1.03. The number of nitrogens with zero attached hydrogens (tertiary/aromatic N) is 1. The third-order valence-electron chi connectivity index (χ3n) is 2.61. The van der Waals surface area contributed by atoms with Crippen LogP contribution in [0.2, 0.25) is 0 Å². The zero-order valence-corrected chi connectivity index (χ0v) is 10.3. The number of para-hydroxylation sites is 1. The minimum absolute atomic E-state index is 0.329. The molecule has 1 aliphatic rings. The number of ketones is 1. The first-order valence-corrected chi connectivity index (χ1v) is 5.32. The molecule has 0 saturated carbocycles. The Morgan fingerprint density at radius 1 is 1.28 bits per heavy atom. The number of Topliss-reactive ketones (excluding diaryl/α,β-unsaturated/α-hetero) is 1. The summed E-state index contributed by atoms with van der Waals surface area (Å²) in [4.78, 5) is 28.1. The van der Waals surface area contributed by atoms with Gasteiger partial charge >= 0.3 is 0 Å². The summed E-state index contributed by atoms with van der Waals surface area (Å²) >= 11 is 0. The van der Waals surface area contributed by atoms with Crippen molar-refractivity contribution in [1.29, 1.82) is 0 Å². The molecule has 1 amide bonds. The number of hydrogen-bond acceptors (Lipinski definition) is 5. The zero-order chi connectivity index (χ0) is 13.3. The molecule has 1 aromatic carbocycles. The van der Waals surface area contributed by atoms with E-state index in [2.05, 4.69) is 0 Å². The van der Waals surface area contributed by atoms with Crippen molar-refractivity contribution in [3.63, 3.8) is 0 Å². The van der Waals surface area contributed by atoms with Crippen molar-refractivity contribution in [3.05, 3.63) is 18.2 Å². The van der Waals surface area contributed by atoms with Gasteiger partial charge in [0.25, 0.3) is 5.91 Å². The van der Waals surface area contributed by atoms with Gasteiger partial charge in [-0.05, 0) is 19.1 Å². The van der Waals surface area contributed by atoms with Crippen LogP contribution in [0.3, 0.4) is 0 Å². The van der Waals surface area contributed by atoms with E-state index in [9.17, 15) is 9.59 Å². The topological polar surface area (TPSA) is 65.1 Å². The Kier molecular flexibility index (Phi) is 3.20. The number of methoxy groups -OCH3 is 2. The molecule has 0 aromatic heterocycles. The molecule has 1 heterocycles. The first-order valence-electron chi connectivity index (χ1n) is 5.32. The Labute approximate surface area is 104 Å². The number of benzene rings is 1. The van der Waals surface area contributed by atoms with E-state index in [0.717, 1.165) is 5.06 Å². The largest absolute Gasteiger partial charge is 0.494 e. The highest BCUT2D eigenvalue weighted by Crippen LogP contribution is 2.41. The number of anilines is 1. The Bertz CT molecular complexity index is 477. The van der Waals surface area contributed by atoms with E-state index in [4.69, 9.17) is 14.3 Å². The van der Waals surface area contributed by atoms with Crippen LogP contribution in [0.15, 0.2) is 18.2 Å². The highest BCUT2D eigenvalue weighted by Gasteiger charge is 2.45. The Hall–Kier alpha value is -2.08. The van der Waals surface area contributed by atoms with Crippen molar-refractivity contribution in [2.75, 3.05) is 19.3 Å². The fraction of sp³-hybridized carbons (Fsp3) is 0.333. The number of amides is 1. The van der Waals surface area contributed by atoms with Crippen molar-refractivity contribution < 1.29 is 23.9 Å². The van der Waals surface area contributed by atoms with E-state index in [-0.39, 0.29) is 5.78 Å². The quantitative estimate of drug-likeness (QED) is 0.745. The molecule has 6 nitrogen and oxygen atoms in total. The number of ether oxygens (including phenoxy) is 2. The molecule has 1 atom stereocenters. The Morgan fingerprint density at radius 3 is 2.22 bits per heavy atom. The van der Waals surface area contributed by atoms with Crippen molar-refractivity contribution in [1.82, 2.24) is 0 Å². The molecule has 2 rings (SSSR count). The molecule has 0 bridgehead atoms. The van der Waals surface area contributed by atoms with Crippen LogP contribution in [0.4, 0.5) is 5.69 Å². The van der Waals surface area contributed by atoms with Crippen LogP contribution in [-0.4, -0.2) is 32.0 Å². The molecular formula is C12H13NO5. The molecule has 6 heteroatoms. The summed E-state index contributed by atoms with van der Waals surface area (Å²) in [6, 6.07) is 5.08. The second kappa shape index (κ2) is 4.66. The van der Waals surface area contributed by atoms with Crippen LogP contribution in [0.25, 0.3) is 0 Å². The average Bonchev–Trinajstić information content (AvgIpc) is 2.36. The van der Waals surface area contributed by atoms with Crippen LogP contribution in [0.1, 0.15) is 6.92 Å². The summed E-state index contributed by atoms with van der Waals surface area (Å²) in [5.41, 5.74) is 0.366. The monoisotopic (exact) mass is 251 g/mol. The summed E-state index contributed by atoms with van der Waals surface area (Å²) in [5.74, 6) is 0.116. The van der Waals surface area contributed by atoms with Gasteiger partial charge in [-0.15, -0.1) is 0 Å². The molecule has 1 unspecified atom stereocenters. The predicted molar refractivity (Wildman–Crippen MR) is 62.6 cm³/mol. The van der Waals surface area contributed by atoms with E-state index >= 15 is 0 Å². The second-order valence-electron chi connectivity index (χ2n) is 3.74. The maximum Gasteiger partial charge on any atom is 0.290 e. The molecule has 0 aliphatic carbocycles. The van der Waals surface area contributed by atoms with Crippen molar-refractivity contribution in [3.8, 4) is 11.5 Å². The lowest BCUT2D eigenvalue weighted by Gasteiger charge is -2.36. The van der Waals surface area contributed by atoms with Gasteiger partial charge in [-0.25, -0.2) is 4.84 Å². The van der Waals surface area contributed by atoms with Crippen LogP contribution >= 0.6 is 0 Å². The minimum atomic E-state index is -1.03. The lowest BCUT2D eigenvalue weighted by atomic mass is 10.1. The molecule has 1 fully saturated rings. The van der Waals surface area contributed by atoms with Crippen molar-refractivity contribution in [2.45, 2.75) is 13.0 Å². The van der Waals surface area contributed by atoms with Gasteiger partial charge in [-0.2, -0.15) is 5.06 Å². The van der Waals surface area contributed by atoms with E-state index in [0.29, 0.717) is 17.2 Å². The van der Waals surface area contributed by atoms with Gasteiger partial charge in [0.15, 0.2) is 11.5 Å². The highest BCUT2D eigenvalue weighted by molar-refractivity contribution is 6.14. The van der Waals surface area contributed by atoms with Crippen LogP contribution in [0.5, 0.6) is 11.5 Å². The molecule has 18 heavy (non-hydrogen) atoms. The third-order valence-corrected chi connectivity index (χ3v) is 2.61. The highest BCUT2D eigenvalue weighted by atomic mass is 16.7. The molecule has 0 N–H and O–H groups in total. The first-order chi connectivity index (χ1) is 8.60. The van der Waals surface area contributed by atoms with Crippen LogP contribution in [0, 0.1) is 0 Å². The van der Waals surface area contributed by atoms with Gasteiger partial charge < -0.3 is 9.47 Å². The van der Waals surface area contributed by atoms with E-state index in [1.807, 2.05) is 0 Å². The van der Waals surface area contributed by atoms with E-state index in [1.54, 1.807) is 18.2 Å². The maximum absolute atomic E-state index is 11.8. The Morgan fingerprint density at radius 2 is 1.83 bits per heavy atom. The van der Waals surface area contributed by atoms with E-state index in [1.165, 1.54) is 21.1 Å². The fourth-order valence-electron chi connectivity index (χ4n) is 1.70. The standard InChI is InChI=1S/C12H13NO5/c1-7(14)11-12(15)13(18-11)10-8(16-2)5-4-6-9(10)17-3/h4-6,11H,1-3H3. The predicted octanol–water partition coefficient (Wildman–Crippen LogP) is 0.940. The number of carbonyl (C=O) groups excluding carboxylic acids is 2. The van der Waals surface area contributed by atoms with Crippen LogP contribution in [-0.2, 0) is 14.4 Å². The number of rotatable bonds is 4. The third kappa shape index (κ3) is 1.80. The van der Waals surface area contributed by atoms with Gasteiger partial charge in [0.05, 0.1) is 14.2 Å². The van der Waals surface area contributed by atoms with Gasteiger partial charge in [-0.3, -0.25) is 9.59 Å². The number of hydrogen-bond donors (Lipinski definition) is 0. The van der Waals surface area contributed by atoms with Gasteiger partial charge in [0.2, 0.25) is 6.10 Å². The van der Waals surface area contributed by atoms with Crippen molar-refractivity contribution >= 4 is 17.4 Å². The first kappa shape index (κ1) is 12.4. The molecule has 1 aliphatic heterocycles. The van der Waals surface area contributed by atoms with E-state index < -0.39 is 12.0 Å². The lowest BCUT2D eigenvalue weighted by molar-refractivity contribution is -0.166. The molecule has 1 aromatic rings. The minimum Gasteiger partial charge on any atom is -0.494 e. The fourth-order valence-corrected chi connectivity index (χ4v) is 1.70. The maximum atomic E-state index is 11.8. The molecule has 1 saturated heterocycles. The number of carbonyl (C=O) groups is 2. The summed E-state index contributed by atoms with van der Waals surface area (Å²) < 4.78 is 10.3. The molecular weight excluding hydrogens is 238 g/mol. The SMILES string of the molecule is COc1cccc(OC)c1N1OC(C(C)=O)C1=O. The second-order valence-corrected chi connectivity index (χ2v) is 3.74. The molecule has 96 valence electrons. The van der Waals surface area contributed by atoms with Gasteiger partial charge in [0, 0.05) is 0 Å². The molecule has 0 spiro atoms. The smallest absolute Gasteiger partial charge is 0.290 e. The van der Waals surface area contributed by atoms with Gasteiger partial charge in [0.1, 0.15) is 11.5 Å². The molecule has 0 radical (unpaired) electrons. The summed E-state index contributed by atoms with van der Waals surface area (Å²) in [6.45, 7) is 1.30. The average molecular weight is 251 g/mol. The summed E-state index contributed by atoms with van der Waals surface area (Å²) in [7, 11) is 2.95. The Balaban J connectivity index is 2.35. The van der Waals surface area contributed by atoms with Crippen molar-refractivity contribution in [2.24, 2.45) is 0 Å². The van der Waals surface area contributed by atoms with Crippen LogP contribution < -0.4 is 14.5 Å². The number of hydroxylamine groups is 1. The van der Waals surface area contributed by atoms with Gasteiger partial charge in [-0.1, -0.05) is 6.07 Å². The normalized spacial score (nSPS) is 18.3.